The number of likely N-dealkylation sites (N-methyl/N-ethyl adjacent to an activating group) is 1. The van der Waals surface area contributed by atoms with Gasteiger partial charge in [-0.05, 0) is 54.9 Å². The second-order valence-electron chi connectivity index (χ2n) is 4.38. The van der Waals surface area contributed by atoms with Crippen molar-refractivity contribution in [1.82, 2.24) is 5.32 Å². The standard InChI is InChI=1S/C15H14Br2ClN/c1-19-15(6-10-3-2-4-12(16)5-10)11-7-13(17)9-14(18)8-11/h2-5,7-9,15,19H,6H2,1H3. The first kappa shape index (κ1) is 15.0. The molecule has 1 atom stereocenters. The number of halogens is 3. The zero-order valence-corrected chi connectivity index (χ0v) is 14.4. The predicted octanol–water partition coefficient (Wildman–Crippen LogP) is 5.37. The van der Waals surface area contributed by atoms with Crippen molar-refractivity contribution in [3.8, 4) is 0 Å². The van der Waals surface area contributed by atoms with Crippen molar-refractivity contribution in [2.75, 3.05) is 7.05 Å². The highest BCUT2D eigenvalue weighted by Crippen LogP contribution is 2.26. The van der Waals surface area contributed by atoms with E-state index in [4.69, 9.17) is 11.6 Å². The molecule has 1 N–H and O–H groups in total. The lowest BCUT2D eigenvalue weighted by Gasteiger charge is -2.17. The van der Waals surface area contributed by atoms with Crippen LogP contribution in [0.25, 0.3) is 0 Å². The fourth-order valence-corrected chi connectivity index (χ4v) is 3.40. The predicted molar refractivity (Wildman–Crippen MR) is 88.8 cm³/mol. The summed E-state index contributed by atoms with van der Waals surface area (Å²) in [5, 5.41) is 4.09. The summed E-state index contributed by atoms with van der Waals surface area (Å²) in [5.41, 5.74) is 2.46. The van der Waals surface area contributed by atoms with E-state index in [9.17, 15) is 0 Å². The van der Waals surface area contributed by atoms with Gasteiger partial charge in [-0.3, -0.25) is 0 Å². The van der Waals surface area contributed by atoms with Gasteiger partial charge in [0.05, 0.1) is 0 Å². The van der Waals surface area contributed by atoms with E-state index < -0.39 is 0 Å². The quantitative estimate of drug-likeness (QED) is 0.724. The molecular weight excluding hydrogens is 389 g/mol. The maximum Gasteiger partial charge on any atom is 0.0420 e. The molecule has 0 saturated carbocycles. The molecule has 0 spiro atoms. The summed E-state index contributed by atoms with van der Waals surface area (Å²) < 4.78 is 2.11. The summed E-state index contributed by atoms with van der Waals surface area (Å²) in [4.78, 5) is 0. The molecule has 0 bridgehead atoms. The third-order valence-corrected chi connectivity index (χ3v) is 4.13. The van der Waals surface area contributed by atoms with Crippen LogP contribution in [0.15, 0.2) is 51.4 Å². The van der Waals surface area contributed by atoms with Gasteiger partial charge in [0.2, 0.25) is 0 Å². The van der Waals surface area contributed by atoms with Gasteiger partial charge >= 0.3 is 0 Å². The molecule has 0 aliphatic carbocycles. The Morgan fingerprint density at radius 3 is 2.53 bits per heavy atom. The minimum Gasteiger partial charge on any atom is -0.313 e. The lowest BCUT2D eigenvalue weighted by molar-refractivity contribution is 0.592. The Morgan fingerprint density at radius 2 is 1.89 bits per heavy atom. The third kappa shape index (κ3) is 4.32. The van der Waals surface area contributed by atoms with E-state index in [0.29, 0.717) is 0 Å². The van der Waals surface area contributed by atoms with Crippen LogP contribution in [0.4, 0.5) is 0 Å². The molecule has 2 rings (SSSR count). The Kier molecular flexibility index (Phi) is 5.46. The summed E-state index contributed by atoms with van der Waals surface area (Å²) in [6, 6.07) is 14.6. The topological polar surface area (TPSA) is 12.0 Å². The molecule has 0 radical (unpaired) electrons. The fourth-order valence-electron chi connectivity index (χ4n) is 2.06. The molecule has 0 aromatic heterocycles. The Hall–Kier alpha value is -0.350. The van der Waals surface area contributed by atoms with E-state index in [1.165, 1.54) is 11.1 Å². The van der Waals surface area contributed by atoms with Crippen LogP contribution < -0.4 is 5.32 Å². The van der Waals surface area contributed by atoms with E-state index in [1.54, 1.807) is 0 Å². The average molecular weight is 404 g/mol. The van der Waals surface area contributed by atoms with Gasteiger partial charge < -0.3 is 5.32 Å². The van der Waals surface area contributed by atoms with E-state index in [1.807, 2.05) is 25.2 Å². The number of hydrogen-bond donors (Lipinski definition) is 1. The van der Waals surface area contributed by atoms with Gasteiger partial charge in [-0.25, -0.2) is 0 Å². The van der Waals surface area contributed by atoms with Crippen molar-refractivity contribution < 1.29 is 0 Å². The Morgan fingerprint density at radius 1 is 1.11 bits per heavy atom. The van der Waals surface area contributed by atoms with Crippen molar-refractivity contribution in [3.63, 3.8) is 0 Å². The third-order valence-electron chi connectivity index (χ3n) is 2.96. The highest BCUT2D eigenvalue weighted by atomic mass is 79.9. The summed E-state index contributed by atoms with van der Waals surface area (Å²) >= 11 is 13.1. The molecule has 0 fully saturated rings. The molecule has 1 unspecified atom stereocenters. The van der Waals surface area contributed by atoms with Crippen molar-refractivity contribution in [2.24, 2.45) is 0 Å². The maximum atomic E-state index is 6.11. The van der Waals surface area contributed by atoms with Gasteiger partial charge in [0.1, 0.15) is 0 Å². The molecule has 0 amide bonds. The van der Waals surface area contributed by atoms with Gasteiger partial charge in [-0.2, -0.15) is 0 Å². The van der Waals surface area contributed by atoms with E-state index in [-0.39, 0.29) is 6.04 Å². The SMILES string of the molecule is CNC(Cc1cccc(Br)c1)c1cc(Cl)cc(Br)c1. The Labute approximate surface area is 135 Å². The molecule has 2 aromatic rings. The van der Waals surface area contributed by atoms with Crippen molar-refractivity contribution in [1.29, 1.82) is 0 Å². The minimum absolute atomic E-state index is 0.240. The van der Waals surface area contributed by atoms with E-state index in [0.717, 1.165) is 20.4 Å². The van der Waals surface area contributed by atoms with Crippen molar-refractivity contribution in [2.45, 2.75) is 12.5 Å². The average Bonchev–Trinajstić information content (AvgIpc) is 2.34. The van der Waals surface area contributed by atoms with Crippen molar-refractivity contribution >= 4 is 43.5 Å². The van der Waals surface area contributed by atoms with Crippen LogP contribution in [0.5, 0.6) is 0 Å². The molecule has 19 heavy (non-hydrogen) atoms. The van der Waals surface area contributed by atoms with Crippen LogP contribution in [-0.2, 0) is 6.42 Å². The summed E-state index contributed by atoms with van der Waals surface area (Å²) in [5.74, 6) is 0. The normalized spacial score (nSPS) is 12.4. The lowest BCUT2D eigenvalue weighted by Crippen LogP contribution is -2.18. The molecule has 0 aliphatic rings. The highest BCUT2D eigenvalue weighted by Gasteiger charge is 2.11. The summed E-state index contributed by atoms with van der Waals surface area (Å²) in [7, 11) is 1.97. The summed E-state index contributed by atoms with van der Waals surface area (Å²) in [6.45, 7) is 0. The second-order valence-corrected chi connectivity index (χ2v) is 6.65. The highest BCUT2D eigenvalue weighted by molar-refractivity contribution is 9.10. The van der Waals surface area contributed by atoms with Gasteiger partial charge in [0.15, 0.2) is 0 Å². The fraction of sp³-hybridized carbons (Fsp3) is 0.200. The van der Waals surface area contributed by atoms with Crippen LogP contribution >= 0.6 is 43.5 Å². The van der Waals surface area contributed by atoms with Gasteiger partial charge in [-0.15, -0.1) is 0 Å². The van der Waals surface area contributed by atoms with Crippen LogP contribution in [0.1, 0.15) is 17.2 Å². The van der Waals surface area contributed by atoms with E-state index in [2.05, 4.69) is 61.4 Å². The first-order chi connectivity index (χ1) is 9.08. The minimum atomic E-state index is 0.240. The molecule has 100 valence electrons. The number of rotatable bonds is 4. The molecular formula is C15H14Br2ClN. The maximum absolute atomic E-state index is 6.11. The number of hydrogen-bond acceptors (Lipinski definition) is 1. The first-order valence-electron chi connectivity index (χ1n) is 5.96. The second kappa shape index (κ2) is 6.89. The molecule has 1 nitrogen and oxygen atoms in total. The molecule has 0 aliphatic heterocycles. The van der Waals surface area contributed by atoms with Crippen LogP contribution in [-0.4, -0.2) is 7.05 Å². The Balaban J connectivity index is 2.24. The van der Waals surface area contributed by atoms with Gasteiger partial charge in [-0.1, -0.05) is 55.6 Å². The zero-order valence-electron chi connectivity index (χ0n) is 10.5. The monoisotopic (exact) mass is 401 g/mol. The van der Waals surface area contributed by atoms with E-state index >= 15 is 0 Å². The van der Waals surface area contributed by atoms with Crippen LogP contribution in [0.3, 0.4) is 0 Å². The molecule has 2 aromatic carbocycles. The smallest absolute Gasteiger partial charge is 0.0420 e. The van der Waals surface area contributed by atoms with Gasteiger partial charge in [0, 0.05) is 20.0 Å². The zero-order chi connectivity index (χ0) is 13.8. The van der Waals surface area contributed by atoms with Crippen LogP contribution in [0.2, 0.25) is 5.02 Å². The molecule has 0 heterocycles. The molecule has 4 heteroatoms. The first-order valence-corrected chi connectivity index (χ1v) is 7.92. The number of benzene rings is 2. The van der Waals surface area contributed by atoms with Crippen molar-refractivity contribution in [3.05, 3.63) is 67.6 Å². The number of nitrogens with one attached hydrogen (secondary N) is 1. The largest absolute Gasteiger partial charge is 0.313 e. The Bertz CT molecular complexity index is 552. The molecule has 0 saturated heterocycles. The summed E-state index contributed by atoms with van der Waals surface area (Å²) in [6.07, 6.45) is 0.919. The lowest BCUT2D eigenvalue weighted by atomic mass is 9.99. The van der Waals surface area contributed by atoms with Gasteiger partial charge in [0.25, 0.3) is 0 Å². The van der Waals surface area contributed by atoms with Crippen LogP contribution in [0, 0.1) is 0 Å².